The summed E-state index contributed by atoms with van der Waals surface area (Å²) >= 11 is 12.4. The van der Waals surface area contributed by atoms with E-state index in [0.29, 0.717) is 26.4 Å². The van der Waals surface area contributed by atoms with Gasteiger partial charge in [0, 0.05) is 25.0 Å². The van der Waals surface area contributed by atoms with E-state index in [2.05, 4.69) is 37.5 Å². The Morgan fingerprint density at radius 1 is 1.33 bits per heavy atom. The van der Waals surface area contributed by atoms with Crippen LogP contribution in [0.4, 0.5) is 5.95 Å². The lowest BCUT2D eigenvalue weighted by Gasteiger charge is -2.09. The van der Waals surface area contributed by atoms with Crippen LogP contribution in [0.2, 0.25) is 5.15 Å². The van der Waals surface area contributed by atoms with E-state index in [-0.39, 0.29) is 0 Å². The number of anilines is 1. The van der Waals surface area contributed by atoms with E-state index < -0.39 is 0 Å². The largest absolute Gasteiger partial charge is 0.362 e. The zero-order chi connectivity index (χ0) is 15.1. The SMILES string of the molecule is CCCNC(=S)Nc1nc(Cl)cc(Sc2ncccn2)n1. The van der Waals surface area contributed by atoms with Crippen molar-refractivity contribution in [1.29, 1.82) is 0 Å². The van der Waals surface area contributed by atoms with Gasteiger partial charge in [0.1, 0.15) is 10.2 Å². The topological polar surface area (TPSA) is 75.6 Å². The highest BCUT2D eigenvalue weighted by molar-refractivity contribution is 7.99. The number of hydrogen-bond donors (Lipinski definition) is 2. The molecular formula is C12H13ClN6S2. The van der Waals surface area contributed by atoms with Crippen LogP contribution >= 0.6 is 35.6 Å². The normalized spacial score (nSPS) is 10.2. The zero-order valence-electron chi connectivity index (χ0n) is 11.2. The van der Waals surface area contributed by atoms with Crippen LogP contribution in [0.15, 0.2) is 34.7 Å². The minimum atomic E-state index is 0.323. The summed E-state index contributed by atoms with van der Waals surface area (Å²) in [7, 11) is 0. The molecule has 2 rings (SSSR count). The number of aromatic nitrogens is 4. The molecule has 110 valence electrons. The van der Waals surface area contributed by atoms with Crippen LogP contribution in [0.3, 0.4) is 0 Å². The average molecular weight is 341 g/mol. The second-order valence-electron chi connectivity index (χ2n) is 3.87. The fourth-order valence-electron chi connectivity index (χ4n) is 1.32. The smallest absolute Gasteiger partial charge is 0.231 e. The molecule has 2 heterocycles. The van der Waals surface area contributed by atoms with E-state index in [4.69, 9.17) is 23.8 Å². The van der Waals surface area contributed by atoms with Crippen LogP contribution in [-0.2, 0) is 0 Å². The van der Waals surface area contributed by atoms with Crippen molar-refractivity contribution in [2.45, 2.75) is 23.5 Å². The summed E-state index contributed by atoms with van der Waals surface area (Å²) in [6.45, 7) is 2.84. The molecule has 0 aliphatic carbocycles. The first-order chi connectivity index (χ1) is 10.2. The van der Waals surface area contributed by atoms with Crippen LogP contribution in [-0.4, -0.2) is 31.6 Å². The molecule has 2 aromatic heterocycles. The molecule has 0 saturated heterocycles. The van der Waals surface area contributed by atoms with E-state index in [1.807, 2.05) is 0 Å². The maximum atomic E-state index is 6.00. The summed E-state index contributed by atoms with van der Waals surface area (Å²) in [5, 5.41) is 7.95. The van der Waals surface area contributed by atoms with Crippen molar-refractivity contribution in [3.8, 4) is 0 Å². The third kappa shape index (κ3) is 5.41. The molecule has 6 nitrogen and oxygen atoms in total. The van der Waals surface area contributed by atoms with E-state index in [1.54, 1.807) is 24.5 Å². The Kier molecular flexibility index (Phi) is 6.09. The molecule has 0 spiro atoms. The average Bonchev–Trinajstić information content (AvgIpc) is 2.45. The second-order valence-corrected chi connectivity index (χ2v) is 5.65. The van der Waals surface area contributed by atoms with Gasteiger partial charge in [-0.15, -0.1) is 0 Å². The van der Waals surface area contributed by atoms with Crippen molar-refractivity contribution < 1.29 is 0 Å². The van der Waals surface area contributed by atoms with Gasteiger partial charge in [0.05, 0.1) is 0 Å². The number of halogens is 1. The molecule has 0 bridgehead atoms. The Morgan fingerprint density at radius 2 is 2.10 bits per heavy atom. The lowest BCUT2D eigenvalue weighted by molar-refractivity contribution is 0.845. The molecule has 21 heavy (non-hydrogen) atoms. The molecule has 0 radical (unpaired) electrons. The monoisotopic (exact) mass is 340 g/mol. The molecule has 0 unspecified atom stereocenters. The maximum Gasteiger partial charge on any atom is 0.231 e. The number of thiocarbonyl (C=S) groups is 1. The Bertz CT molecular complexity index is 610. The minimum absolute atomic E-state index is 0.323. The van der Waals surface area contributed by atoms with Gasteiger partial charge in [-0.25, -0.2) is 19.9 Å². The van der Waals surface area contributed by atoms with Crippen molar-refractivity contribution in [3.63, 3.8) is 0 Å². The highest BCUT2D eigenvalue weighted by Gasteiger charge is 2.07. The summed E-state index contributed by atoms with van der Waals surface area (Å²) in [5.41, 5.74) is 0. The maximum absolute atomic E-state index is 6.00. The first kappa shape index (κ1) is 15.9. The van der Waals surface area contributed by atoms with Crippen LogP contribution in [0.25, 0.3) is 0 Å². The quantitative estimate of drug-likeness (QED) is 0.489. The summed E-state index contributed by atoms with van der Waals surface area (Å²) in [6.07, 6.45) is 4.31. The van der Waals surface area contributed by atoms with Crippen LogP contribution in [0.5, 0.6) is 0 Å². The van der Waals surface area contributed by atoms with Gasteiger partial charge < -0.3 is 10.6 Å². The second kappa shape index (κ2) is 8.06. The third-order valence-corrected chi connectivity index (χ3v) is 3.42. The van der Waals surface area contributed by atoms with Crippen LogP contribution in [0.1, 0.15) is 13.3 Å². The molecule has 2 N–H and O–H groups in total. The van der Waals surface area contributed by atoms with Crippen molar-refractivity contribution >= 4 is 46.6 Å². The van der Waals surface area contributed by atoms with Crippen LogP contribution in [0, 0.1) is 0 Å². The Balaban J connectivity index is 2.08. The lowest BCUT2D eigenvalue weighted by Crippen LogP contribution is -2.29. The molecule has 0 saturated carbocycles. The molecule has 0 aromatic carbocycles. The van der Waals surface area contributed by atoms with E-state index in [0.717, 1.165) is 13.0 Å². The first-order valence-corrected chi connectivity index (χ1v) is 7.82. The Labute approximate surface area is 137 Å². The first-order valence-electron chi connectivity index (χ1n) is 6.21. The summed E-state index contributed by atoms with van der Waals surface area (Å²) in [6, 6.07) is 3.40. The van der Waals surface area contributed by atoms with Gasteiger partial charge >= 0.3 is 0 Å². The van der Waals surface area contributed by atoms with E-state index in [1.165, 1.54) is 11.8 Å². The van der Waals surface area contributed by atoms with Crippen LogP contribution < -0.4 is 10.6 Å². The fraction of sp³-hybridized carbons (Fsp3) is 0.250. The number of nitrogens with one attached hydrogen (secondary N) is 2. The minimum Gasteiger partial charge on any atom is -0.362 e. The van der Waals surface area contributed by atoms with Gasteiger partial charge in [-0.05, 0) is 36.5 Å². The molecule has 2 aromatic rings. The van der Waals surface area contributed by atoms with Gasteiger partial charge in [-0.1, -0.05) is 18.5 Å². The van der Waals surface area contributed by atoms with Gasteiger partial charge in [0.2, 0.25) is 5.95 Å². The number of nitrogens with zero attached hydrogens (tertiary/aromatic N) is 4. The predicted molar refractivity (Wildman–Crippen MR) is 87.7 cm³/mol. The molecule has 9 heteroatoms. The molecule has 0 amide bonds. The zero-order valence-corrected chi connectivity index (χ0v) is 13.6. The summed E-state index contributed by atoms with van der Waals surface area (Å²) in [4.78, 5) is 16.7. The summed E-state index contributed by atoms with van der Waals surface area (Å²) < 4.78 is 0. The highest BCUT2D eigenvalue weighted by Crippen LogP contribution is 2.24. The number of hydrogen-bond acceptors (Lipinski definition) is 6. The predicted octanol–water partition coefficient (Wildman–Crippen LogP) is 2.77. The molecule has 0 atom stereocenters. The van der Waals surface area contributed by atoms with E-state index in [9.17, 15) is 0 Å². The van der Waals surface area contributed by atoms with Gasteiger partial charge in [-0.3, -0.25) is 0 Å². The van der Waals surface area contributed by atoms with Gasteiger partial charge in [0.15, 0.2) is 10.3 Å². The van der Waals surface area contributed by atoms with Crippen molar-refractivity contribution in [2.24, 2.45) is 0 Å². The number of rotatable bonds is 5. The Morgan fingerprint density at radius 3 is 2.81 bits per heavy atom. The molecule has 0 fully saturated rings. The van der Waals surface area contributed by atoms with Gasteiger partial charge in [0.25, 0.3) is 0 Å². The molecule has 0 aliphatic heterocycles. The van der Waals surface area contributed by atoms with Gasteiger partial charge in [-0.2, -0.15) is 0 Å². The Hall–Kier alpha value is -1.51. The molecule has 0 aliphatic rings. The molecular weight excluding hydrogens is 328 g/mol. The third-order valence-electron chi connectivity index (χ3n) is 2.17. The van der Waals surface area contributed by atoms with Crippen molar-refractivity contribution in [3.05, 3.63) is 29.7 Å². The van der Waals surface area contributed by atoms with Crippen molar-refractivity contribution in [1.82, 2.24) is 25.3 Å². The standard InChI is InChI=1S/C12H13ClN6S2/c1-2-4-14-11(20)19-10-17-8(13)7-9(18-10)21-12-15-5-3-6-16-12/h3,5-7H,2,4H2,1H3,(H2,14,17,18,19,20). The van der Waals surface area contributed by atoms with E-state index >= 15 is 0 Å². The fourth-order valence-corrected chi connectivity index (χ4v) is 2.48. The highest BCUT2D eigenvalue weighted by atomic mass is 35.5. The summed E-state index contributed by atoms with van der Waals surface area (Å²) in [5.74, 6) is 0.342. The van der Waals surface area contributed by atoms with Crippen molar-refractivity contribution in [2.75, 3.05) is 11.9 Å². The lowest BCUT2D eigenvalue weighted by atomic mass is 10.5.